The van der Waals surface area contributed by atoms with Crippen molar-refractivity contribution in [2.45, 2.75) is 96.4 Å². The van der Waals surface area contributed by atoms with E-state index in [-0.39, 0.29) is 28.9 Å². The second kappa shape index (κ2) is 6.57. The first kappa shape index (κ1) is 20.5. The van der Waals surface area contributed by atoms with Gasteiger partial charge in [0.25, 0.3) is 0 Å². The van der Waals surface area contributed by atoms with Crippen LogP contribution in [0.5, 0.6) is 0 Å². The highest BCUT2D eigenvalue weighted by atomic mass is 16.6. The van der Waals surface area contributed by atoms with E-state index < -0.39 is 11.7 Å². The quantitative estimate of drug-likeness (QED) is 0.513. The van der Waals surface area contributed by atoms with Gasteiger partial charge < -0.3 is 14.6 Å². The number of carbonyl (C=O) groups is 2. The lowest BCUT2D eigenvalue weighted by atomic mass is 9.43. The lowest BCUT2D eigenvalue weighted by molar-refractivity contribution is -0.205. The van der Waals surface area contributed by atoms with Gasteiger partial charge in [0.1, 0.15) is 11.7 Å². The van der Waals surface area contributed by atoms with Gasteiger partial charge in [0.15, 0.2) is 0 Å². The lowest BCUT2D eigenvalue weighted by Crippen LogP contribution is -2.60. The van der Waals surface area contributed by atoms with Crippen molar-refractivity contribution < 1.29 is 24.2 Å². The van der Waals surface area contributed by atoms with Crippen LogP contribution in [-0.2, 0) is 19.1 Å². The Kier molecular flexibility index (Phi) is 4.50. The number of hydrogen-bond donors (Lipinski definition) is 1. The van der Waals surface area contributed by atoms with E-state index in [0.29, 0.717) is 42.1 Å². The first-order chi connectivity index (χ1) is 14.1. The fraction of sp³-hybridized carbons (Fsp3) is 0.840. The molecule has 0 aromatic heterocycles. The molecule has 1 unspecified atom stereocenters. The highest BCUT2D eigenvalue weighted by Gasteiger charge is 2.65. The highest BCUT2D eigenvalue weighted by molar-refractivity contribution is 5.90. The Morgan fingerprint density at radius 1 is 1.10 bits per heavy atom. The molecule has 4 aliphatic carbocycles. The minimum Gasteiger partial charge on any atom is -0.462 e. The molecule has 0 bridgehead atoms. The predicted molar refractivity (Wildman–Crippen MR) is 111 cm³/mol. The van der Waals surface area contributed by atoms with Gasteiger partial charge in [-0.1, -0.05) is 20.4 Å². The fourth-order valence-electron chi connectivity index (χ4n) is 8.72. The number of rotatable bonds is 1. The zero-order chi connectivity index (χ0) is 21.5. The Hall–Kier alpha value is -1.36. The molecular formula is C25H36O5. The molecule has 5 aliphatic rings. The molecule has 0 aromatic carbocycles. The molecule has 5 rings (SSSR count). The van der Waals surface area contributed by atoms with E-state index in [1.807, 2.05) is 0 Å². The van der Waals surface area contributed by atoms with Gasteiger partial charge in [-0.05, 0) is 80.5 Å². The van der Waals surface area contributed by atoms with Crippen LogP contribution in [0.2, 0.25) is 0 Å². The summed E-state index contributed by atoms with van der Waals surface area (Å²) in [5.74, 6) is 1.78. The molecule has 1 saturated heterocycles. The van der Waals surface area contributed by atoms with Crippen molar-refractivity contribution in [1.82, 2.24) is 0 Å². The van der Waals surface area contributed by atoms with Crippen LogP contribution < -0.4 is 0 Å². The second-order valence-corrected chi connectivity index (χ2v) is 11.5. The number of carbonyl (C=O) groups excluding carboxylic acids is 2. The zero-order valence-corrected chi connectivity index (χ0v) is 18.6. The van der Waals surface area contributed by atoms with E-state index in [9.17, 15) is 14.7 Å². The Bertz CT molecular complexity index is 772. The summed E-state index contributed by atoms with van der Waals surface area (Å²) >= 11 is 0. The van der Waals surface area contributed by atoms with Crippen LogP contribution in [0.15, 0.2) is 12.2 Å². The summed E-state index contributed by atoms with van der Waals surface area (Å²) in [6.07, 6.45) is 8.03. The minimum absolute atomic E-state index is 0.0515. The van der Waals surface area contributed by atoms with E-state index >= 15 is 0 Å². The molecule has 5 heteroatoms. The first-order valence-corrected chi connectivity index (χ1v) is 11.9. The topological polar surface area (TPSA) is 72.8 Å². The van der Waals surface area contributed by atoms with Gasteiger partial charge in [0.2, 0.25) is 0 Å². The maximum absolute atomic E-state index is 12.1. The molecule has 5 nitrogen and oxygen atoms in total. The zero-order valence-electron chi connectivity index (χ0n) is 18.6. The maximum atomic E-state index is 12.1. The first-order valence-electron chi connectivity index (χ1n) is 11.9. The van der Waals surface area contributed by atoms with Crippen molar-refractivity contribution in [2.24, 2.45) is 34.5 Å². The Balaban J connectivity index is 1.39. The summed E-state index contributed by atoms with van der Waals surface area (Å²) in [6.45, 7) is 10.1. The third-order valence-corrected chi connectivity index (χ3v) is 10.2. The average molecular weight is 417 g/mol. The molecule has 4 saturated carbocycles. The van der Waals surface area contributed by atoms with Crippen LogP contribution in [0, 0.1) is 34.5 Å². The third kappa shape index (κ3) is 2.69. The van der Waals surface area contributed by atoms with Crippen molar-refractivity contribution in [3.8, 4) is 0 Å². The summed E-state index contributed by atoms with van der Waals surface area (Å²) < 4.78 is 11.5. The number of aliphatic hydroxyl groups excluding tert-OH is 1. The fourth-order valence-corrected chi connectivity index (χ4v) is 8.72. The Morgan fingerprint density at radius 3 is 2.50 bits per heavy atom. The lowest BCUT2D eigenvalue weighted by Gasteiger charge is -2.62. The molecule has 9 atom stereocenters. The minimum atomic E-state index is -0.748. The Labute approximate surface area is 179 Å². The van der Waals surface area contributed by atoms with Crippen LogP contribution in [0.1, 0.15) is 78.6 Å². The molecule has 30 heavy (non-hydrogen) atoms. The van der Waals surface area contributed by atoms with Crippen LogP contribution in [0.3, 0.4) is 0 Å². The normalized spacial score (nSPS) is 52.4. The van der Waals surface area contributed by atoms with E-state index in [4.69, 9.17) is 9.47 Å². The monoisotopic (exact) mass is 416 g/mol. The summed E-state index contributed by atoms with van der Waals surface area (Å²) in [7, 11) is 0. The van der Waals surface area contributed by atoms with E-state index in [0.717, 1.165) is 38.5 Å². The summed E-state index contributed by atoms with van der Waals surface area (Å²) in [4.78, 5) is 23.7. The van der Waals surface area contributed by atoms with Gasteiger partial charge in [0, 0.05) is 24.3 Å². The number of fused-ring (bicyclic) bond motifs is 5. The largest absolute Gasteiger partial charge is 0.462 e. The number of hydrogen-bond acceptors (Lipinski definition) is 5. The van der Waals surface area contributed by atoms with Crippen LogP contribution in [0.4, 0.5) is 0 Å². The number of esters is 2. The van der Waals surface area contributed by atoms with E-state index in [1.165, 1.54) is 13.3 Å². The van der Waals surface area contributed by atoms with Gasteiger partial charge in [-0.2, -0.15) is 0 Å². The molecular weight excluding hydrogens is 380 g/mol. The van der Waals surface area contributed by atoms with Gasteiger partial charge in [0.05, 0.1) is 6.10 Å². The maximum Gasteiger partial charge on any atom is 0.334 e. The molecule has 1 N–H and O–H groups in total. The number of aliphatic hydroxyl groups is 1. The van der Waals surface area contributed by atoms with Crippen molar-refractivity contribution in [3.63, 3.8) is 0 Å². The summed E-state index contributed by atoms with van der Waals surface area (Å²) in [6, 6.07) is 0. The van der Waals surface area contributed by atoms with Crippen LogP contribution in [-0.4, -0.2) is 34.9 Å². The standard InChI is InChI=1S/C25H36O5/c1-14-11-25(30-22(14)28)12-16-5-6-17-18-7-8-21(29-15(2)26)23(18,3)10-9-19(17)24(16,4)13-20(25)27/h16-21,27H,1,5-13H2,2-4H3/t16-,17-,18-,19-,20?,21-,23-,24-,25-/m0/s1. The average Bonchev–Trinajstić information content (AvgIpc) is 3.13. The number of ether oxygens (including phenoxy) is 2. The molecule has 166 valence electrons. The molecule has 0 aromatic rings. The van der Waals surface area contributed by atoms with E-state index in [1.54, 1.807) is 0 Å². The summed E-state index contributed by atoms with van der Waals surface area (Å²) in [5, 5.41) is 11.2. The van der Waals surface area contributed by atoms with Crippen LogP contribution >= 0.6 is 0 Å². The molecule has 1 spiro atoms. The van der Waals surface area contributed by atoms with E-state index in [2.05, 4.69) is 20.4 Å². The van der Waals surface area contributed by atoms with Gasteiger partial charge in [-0.3, -0.25) is 4.79 Å². The van der Waals surface area contributed by atoms with Crippen molar-refractivity contribution in [1.29, 1.82) is 0 Å². The van der Waals surface area contributed by atoms with Crippen LogP contribution in [0.25, 0.3) is 0 Å². The van der Waals surface area contributed by atoms with Gasteiger partial charge in [-0.15, -0.1) is 0 Å². The molecule has 0 radical (unpaired) electrons. The predicted octanol–water partition coefficient (Wildman–Crippen LogP) is 4.17. The van der Waals surface area contributed by atoms with Crippen molar-refractivity contribution >= 4 is 11.9 Å². The molecule has 0 amide bonds. The van der Waals surface area contributed by atoms with Crippen molar-refractivity contribution in [3.05, 3.63) is 12.2 Å². The van der Waals surface area contributed by atoms with Crippen molar-refractivity contribution in [2.75, 3.05) is 0 Å². The molecule has 5 fully saturated rings. The second-order valence-electron chi connectivity index (χ2n) is 11.5. The third-order valence-electron chi connectivity index (χ3n) is 10.2. The van der Waals surface area contributed by atoms with Gasteiger partial charge >= 0.3 is 11.9 Å². The van der Waals surface area contributed by atoms with Gasteiger partial charge in [-0.25, -0.2) is 4.79 Å². The Morgan fingerprint density at radius 2 is 1.83 bits per heavy atom. The molecule has 1 heterocycles. The summed E-state index contributed by atoms with van der Waals surface area (Å²) in [5.41, 5.74) is -0.0851. The SMILES string of the molecule is C=C1C[C@@]2(C[C@@H]3CC[C@@H]4[C@H](CC[C@]5(C)[C@@H](OC(C)=O)CC[C@@H]45)[C@@]3(C)CC2O)OC1=O. The molecule has 1 aliphatic heterocycles. The highest BCUT2D eigenvalue weighted by Crippen LogP contribution is 2.68. The smallest absolute Gasteiger partial charge is 0.334 e.